The second-order valence-corrected chi connectivity index (χ2v) is 6.72. The number of amides is 2. The van der Waals surface area contributed by atoms with E-state index < -0.39 is 5.97 Å². The third kappa shape index (κ3) is 7.08. The van der Waals surface area contributed by atoms with Gasteiger partial charge >= 0.3 is 12.0 Å². The number of hydrogen-bond acceptors (Lipinski definition) is 4. The molecule has 0 aliphatic carbocycles. The molecule has 0 aromatic carbocycles. The molecule has 0 unspecified atom stereocenters. The Hall–Kier alpha value is -1.63. The van der Waals surface area contributed by atoms with E-state index in [2.05, 4.69) is 15.6 Å². The van der Waals surface area contributed by atoms with Gasteiger partial charge in [0.15, 0.2) is 0 Å². The smallest absolute Gasteiger partial charge is 0.315 e. The van der Waals surface area contributed by atoms with Crippen molar-refractivity contribution < 1.29 is 14.7 Å². The molecule has 118 valence electrons. The molecule has 1 heterocycles. The minimum absolute atomic E-state index is 0.0973. The summed E-state index contributed by atoms with van der Waals surface area (Å²) >= 11 is 1.52. The van der Waals surface area contributed by atoms with E-state index in [1.807, 2.05) is 20.8 Å². The Morgan fingerprint density at radius 1 is 1.33 bits per heavy atom. The number of aliphatic carboxylic acids is 1. The van der Waals surface area contributed by atoms with Crippen LogP contribution in [0.25, 0.3) is 0 Å². The molecule has 7 heteroatoms. The molecule has 1 aromatic heterocycles. The lowest BCUT2D eigenvalue weighted by atomic mass is 9.84. The Balaban J connectivity index is 2.21. The van der Waals surface area contributed by atoms with Gasteiger partial charge in [-0.05, 0) is 25.2 Å². The first-order chi connectivity index (χ1) is 9.80. The molecule has 0 saturated carbocycles. The molecule has 1 aromatic rings. The molecule has 0 atom stereocenters. The predicted molar refractivity (Wildman–Crippen MR) is 82.4 cm³/mol. The minimum Gasteiger partial charge on any atom is -0.481 e. The summed E-state index contributed by atoms with van der Waals surface area (Å²) in [7, 11) is 0. The fraction of sp³-hybridized carbons (Fsp3) is 0.643. The summed E-state index contributed by atoms with van der Waals surface area (Å²) in [6.45, 7) is 6.94. The third-order valence-corrected chi connectivity index (χ3v) is 4.29. The van der Waals surface area contributed by atoms with Crippen LogP contribution in [-0.4, -0.2) is 28.6 Å². The molecular formula is C14H23N3O3S. The van der Waals surface area contributed by atoms with Crippen molar-refractivity contribution >= 4 is 23.3 Å². The van der Waals surface area contributed by atoms with Crippen molar-refractivity contribution in [3.05, 3.63) is 16.1 Å². The highest BCUT2D eigenvalue weighted by Gasteiger charge is 2.19. The molecule has 0 aliphatic heterocycles. The van der Waals surface area contributed by atoms with Crippen molar-refractivity contribution in [2.45, 2.75) is 46.6 Å². The number of carbonyl (C=O) groups is 2. The summed E-state index contributed by atoms with van der Waals surface area (Å²) in [4.78, 5) is 27.4. The highest BCUT2D eigenvalue weighted by molar-refractivity contribution is 7.09. The second kappa shape index (κ2) is 7.97. The van der Waals surface area contributed by atoms with E-state index in [1.165, 1.54) is 11.3 Å². The Bertz CT molecular complexity index is 486. The van der Waals surface area contributed by atoms with Crippen molar-refractivity contribution in [1.29, 1.82) is 0 Å². The lowest BCUT2D eigenvalue weighted by Gasteiger charge is -2.23. The fourth-order valence-corrected chi connectivity index (χ4v) is 2.52. The SMILES string of the molecule is Cc1ncsc1CNC(=O)NCCC(C)(C)CCC(=O)O. The number of carboxylic acids is 1. The van der Waals surface area contributed by atoms with Gasteiger partial charge in [0.25, 0.3) is 0 Å². The van der Waals surface area contributed by atoms with E-state index in [4.69, 9.17) is 5.11 Å². The van der Waals surface area contributed by atoms with Gasteiger partial charge in [0.05, 0.1) is 17.7 Å². The van der Waals surface area contributed by atoms with Crippen molar-refractivity contribution in [1.82, 2.24) is 15.6 Å². The van der Waals surface area contributed by atoms with Crippen LogP contribution in [0.4, 0.5) is 4.79 Å². The van der Waals surface area contributed by atoms with Crippen molar-refractivity contribution in [3.63, 3.8) is 0 Å². The van der Waals surface area contributed by atoms with E-state index in [0.717, 1.165) is 17.0 Å². The minimum atomic E-state index is -0.784. The zero-order chi connectivity index (χ0) is 15.9. The molecule has 0 bridgehead atoms. The van der Waals surface area contributed by atoms with E-state index >= 15 is 0 Å². The highest BCUT2D eigenvalue weighted by atomic mass is 32.1. The summed E-state index contributed by atoms with van der Waals surface area (Å²) in [6.07, 6.45) is 1.50. The average molecular weight is 313 g/mol. The van der Waals surface area contributed by atoms with Gasteiger partial charge in [0.1, 0.15) is 0 Å². The fourth-order valence-electron chi connectivity index (χ4n) is 1.80. The normalized spacial score (nSPS) is 11.2. The van der Waals surface area contributed by atoms with Gasteiger partial charge in [-0.15, -0.1) is 11.3 Å². The number of carboxylic acid groups (broad SMARTS) is 1. The Morgan fingerprint density at radius 2 is 2.05 bits per heavy atom. The summed E-state index contributed by atoms with van der Waals surface area (Å²) < 4.78 is 0. The first-order valence-electron chi connectivity index (χ1n) is 6.92. The number of urea groups is 1. The molecule has 21 heavy (non-hydrogen) atoms. The average Bonchev–Trinajstić information content (AvgIpc) is 2.79. The van der Waals surface area contributed by atoms with Crippen molar-refractivity contribution in [2.75, 3.05) is 6.54 Å². The van der Waals surface area contributed by atoms with Crippen LogP contribution in [0, 0.1) is 12.3 Å². The Morgan fingerprint density at radius 3 is 2.62 bits per heavy atom. The van der Waals surface area contributed by atoms with Gasteiger partial charge in [0.2, 0.25) is 0 Å². The maximum absolute atomic E-state index is 11.7. The number of nitrogens with zero attached hydrogens (tertiary/aromatic N) is 1. The van der Waals surface area contributed by atoms with E-state index in [-0.39, 0.29) is 17.9 Å². The van der Waals surface area contributed by atoms with Crippen LogP contribution in [-0.2, 0) is 11.3 Å². The number of nitrogens with one attached hydrogen (secondary N) is 2. The van der Waals surface area contributed by atoms with Crippen LogP contribution in [0.15, 0.2) is 5.51 Å². The van der Waals surface area contributed by atoms with E-state index in [0.29, 0.717) is 19.5 Å². The molecule has 6 nitrogen and oxygen atoms in total. The maximum atomic E-state index is 11.7. The van der Waals surface area contributed by atoms with Crippen LogP contribution in [0.2, 0.25) is 0 Å². The Kier molecular flexibility index (Phi) is 6.61. The van der Waals surface area contributed by atoms with E-state index in [1.54, 1.807) is 5.51 Å². The van der Waals surface area contributed by atoms with E-state index in [9.17, 15) is 9.59 Å². The standard InChI is InChI=1S/C14H23N3O3S/c1-10-11(21-9-17-10)8-16-13(20)15-7-6-14(2,3)5-4-12(18)19/h9H,4-8H2,1-3H3,(H,18,19)(H2,15,16,20). The number of aryl methyl sites for hydroxylation is 1. The number of thiazole rings is 1. The van der Waals surface area contributed by atoms with Crippen LogP contribution >= 0.6 is 11.3 Å². The summed E-state index contributed by atoms with van der Waals surface area (Å²) in [5, 5.41) is 14.3. The van der Waals surface area contributed by atoms with Crippen molar-refractivity contribution in [2.24, 2.45) is 5.41 Å². The largest absolute Gasteiger partial charge is 0.481 e. The zero-order valence-corrected chi connectivity index (χ0v) is 13.5. The number of carbonyl (C=O) groups excluding carboxylic acids is 1. The summed E-state index contributed by atoms with van der Waals surface area (Å²) in [5.41, 5.74) is 2.60. The molecular weight excluding hydrogens is 290 g/mol. The van der Waals surface area contributed by atoms with Gasteiger partial charge in [-0.3, -0.25) is 4.79 Å². The Labute approximate surface area is 129 Å². The second-order valence-electron chi connectivity index (χ2n) is 5.78. The van der Waals surface area contributed by atoms with Gasteiger partial charge in [-0.25, -0.2) is 9.78 Å². The number of aromatic nitrogens is 1. The monoisotopic (exact) mass is 313 g/mol. The molecule has 0 fully saturated rings. The number of hydrogen-bond donors (Lipinski definition) is 3. The van der Waals surface area contributed by atoms with Crippen LogP contribution in [0.3, 0.4) is 0 Å². The van der Waals surface area contributed by atoms with Crippen LogP contribution < -0.4 is 10.6 Å². The topological polar surface area (TPSA) is 91.3 Å². The highest BCUT2D eigenvalue weighted by Crippen LogP contribution is 2.25. The molecule has 0 saturated heterocycles. The maximum Gasteiger partial charge on any atom is 0.315 e. The van der Waals surface area contributed by atoms with Crippen molar-refractivity contribution in [3.8, 4) is 0 Å². The lowest BCUT2D eigenvalue weighted by Crippen LogP contribution is -2.36. The van der Waals surface area contributed by atoms with Crippen LogP contribution in [0.1, 0.15) is 43.7 Å². The van der Waals surface area contributed by atoms with Crippen LogP contribution in [0.5, 0.6) is 0 Å². The quantitative estimate of drug-likeness (QED) is 0.688. The summed E-state index contributed by atoms with van der Waals surface area (Å²) in [6, 6.07) is -0.211. The first-order valence-corrected chi connectivity index (χ1v) is 7.80. The summed E-state index contributed by atoms with van der Waals surface area (Å²) in [5.74, 6) is -0.784. The third-order valence-electron chi connectivity index (χ3n) is 3.36. The van der Waals surface area contributed by atoms with Gasteiger partial charge < -0.3 is 15.7 Å². The zero-order valence-electron chi connectivity index (χ0n) is 12.7. The molecule has 2 amide bonds. The number of rotatable bonds is 8. The van der Waals surface area contributed by atoms with Gasteiger partial charge in [-0.2, -0.15) is 0 Å². The molecule has 3 N–H and O–H groups in total. The molecule has 0 aliphatic rings. The predicted octanol–water partition coefficient (Wildman–Crippen LogP) is 2.53. The first kappa shape index (κ1) is 17.4. The molecule has 0 spiro atoms. The lowest BCUT2D eigenvalue weighted by molar-refractivity contribution is -0.137. The molecule has 1 rings (SSSR count). The van der Waals surface area contributed by atoms with Gasteiger partial charge in [0, 0.05) is 17.8 Å². The van der Waals surface area contributed by atoms with Gasteiger partial charge in [-0.1, -0.05) is 13.8 Å². The molecule has 0 radical (unpaired) electrons.